The van der Waals surface area contributed by atoms with E-state index < -0.39 is 0 Å². The van der Waals surface area contributed by atoms with Crippen LogP contribution in [0, 0.1) is 5.92 Å². The van der Waals surface area contributed by atoms with E-state index in [-0.39, 0.29) is 5.91 Å². The molecule has 0 atom stereocenters. The second-order valence-electron chi connectivity index (χ2n) is 5.64. The third-order valence-electron chi connectivity index (χ3n) is 3.97. The van der Waals surface area contributed by atoms with Crippen molar-refractivity contribution in [2.75, 3.05) is 6.54 Å². The first-order valence-electron chi connectivity index (χ1n) is 7.55. The average molecular weight is 320 g/mol. The van der Waals surface area contributed by atoms with Crippen LogP contribution in [-0.4, -0.2) is 17.4 Å². The predicted molar refractivity (Wildman–Crippen MR) is 88.7 cm³/mol. The van der Waals surface area contributed by atoms with E-state index >= 15 is 0 Å². The molecular weight excluding hydrogens is 300 g/mol. The maximum Gasteiger partial charge on any atom is 0.226 e. The van der Waals surface area contributed by atoms with Crippen LogP contribution in [0.25, 0.3) is 10.6 Å². The van der Waals surface area contributed by atoms with Gasteiger partial charge in [-0.15, -0.1) is 11.3 Å². The van der Waals surface area contributed by atoms with Crippen molar-refractivity contribution >= 4 is 28.6 Å². The molecule has 0 aliphatic heterocycles. The molecule has 0 bridgehead atoms. The van der Waals surface area contributed by atoms with Crippen LogP contribution < -0.4 is 5.32 Å². The van der Waals surface area contributed by atoms with E-state index in [0.717, 1.165) is 22.8 Å². The molecule has 1 aliphatic rings. The maximum atomic E-state index is 12.0. The van der Waals surface area contributed by atoms with Gasteiger partial charge in [-0.05, 0) is 30.2 Å². The molecule has 0 spiro atoms. The molecule has 1 aliphatic carbocycles. The Morgan fingerprint density at radius 2 is 2.14 bits per heavy atom. The minimum Gasteiger partial charge on any atom is -0.355 e. The number of nitrogens with one attached hydrogen (secondary N) is 1. The van der Waals surface area contributed by atoms with E-state index in [9.17, 15) is 4.79 Å². The fourth-order valence-corrected chi connectivity index (χ4v) is 4.32. The largest absolute Gasteiger partial charge is 0.355 e. The van der Waals surface area contributed by atoms with Crippen LogP contribution in [0.2, 0.25) is 0 Å². The first-order chi connectivity index (χ1) is 10.3. The number of hydrogen-bond acceptors (Lipinski definition) is 4. The van der Waals surface area contributed by atoms with Gasteiger partial charge in [0.05, 0.1) is 12.1 Å². The molecule has 3 nitrogen and oxygen atoms in total. The molecule has 1 saturated carbocycles. The topological polar surface area (TPSA) is 42.0 Å². The summed E-state index contributed by atoms with van der Waals surface area (Å²) in [6.45, 7) is 0.834. The van der Waals surface area contributed by atoms with Crippen LogP contribution in [0.4, 0.5) is 0 Å². The van der Waals surface area contributed by atoms with Crippen molar-refractivity contribution in [3.63, 3.8) is 0 Å². The number of nitrogens with zero attached hydrogens (tertiary/aromatic N) is 1. The van der Waals surface area contributed by atoms with Crippen molar-refractivity contribution in [1.82, 2.24) is 10.3 Å². The first-order valence-corrected chi connectivity index (χ1v) is 9.37. The van der Waals surface area contributed by atoms with Crippen LogP contribution in [-0.2, 0) is 11.2 Å². The van der Waals surface area contributed by atoms with Gasteiger partial charge in [0, 0.05) is 22.9 Å². The Labute approximate surface area is 133 Å². The summed E-state index contributed by atoms with van der Waals surface area (Å²) in [6.07, 6.45) is 6.91. The van der Waals surface area contributed by atoms with Gasteiger partial charge < -0.3 is 5.32 Å². The zero-order chi connectivity index (χ0) is 14.5. The monoisotopic (exact) mass is 320 g/mol. The SMILES string of the molecule is O=C(Cc1csc(-c2ccsc2)n1)NCC1CCCCC1. The molecule has 0 aromatic carbocycles. The lowest BCUT2D eigenvalue weighted by atomic mass is 9.89. The maximum absolute atomic E-state index is 12.0. The standard InChI is InChI=1S/C16H20N2OS2/c19-15(17-9-12-4-2-1-3-5-12)8-14-11-21-16(18-14)13-6-7-20-10-13/h6-7,10-12H,1-5,8-9H2,(H,17,19). The number of carbonyl (C=O) groups is 1. The Hall–Kier alpha value is -1.20. The minimum atomic E-state index is 0.0998. The van der Waals surface area contributed by atoms with Crippen molar-refractivity contribution in [2.45, 2.75) is 38.5 Å². The molecule has 0 radical (unpaired) electrons. The summed E-state index contributed by atoms with van der Waals surface area (Å²) < 4.78 is 0. The summed E-state index contributed by atoms with van der Waals surface area (Å²) in [5.74, 6) is 0.780. The number of amides is 1. The van der Waals surface area contributed by atoms with E-state index in [0.29, 0.717) is 12.3 Å². The molecular formula is C16H20N2OS2. The minimum absolute atomic E-state index is 0.0998. The summed E-state index contributed by atoms with van der Waals surface area (Å²) in [4.78, 5) is 16.6. The third kappa shape index (κ3) is 4.14. The molecule has 2 aromatic heterocycles. The van der Waals surface area contributed by atoms with Crippen LogP contribution in [0.15, 0.2) is 22.2 Å². The van der Waals surface area contributed by atoms with Gasteiger partial charge in [0.2, 0.25) is 5.91 Å². The normalized spacial score (nSPS) is 16.0. The molecule has 5 heteroatoms. The highest BCUT2D eigenvalue weighted by molar-refractivity contribution is 7.14. The molecule has 2 heterocycles. The molecule has 21 heavy (non-hydrogen) atoms. The molecule has 3 rings (SSSR count). The van der Waals surface area contributed by atoms with Gasteiger partial charge in [-0.25, -0.2) is 4.98 Å². The quantitative estimate of drug-likeness (QED) is 0.901. The van der Waals surface area contributed by atoms with Crippen molar-refractivity contribution in [3.8, 4) is 10.6 Å². The summed E-state index contributed by atoms with van der Waals surface area (Å²) in [5, 5.41) is 10.2. The lowest BCUT2D eigenvalue weighted by Crippen LogP contribution is -2.31. The van der Waals surface area contributed by atoms with Gasteiger partial charge in [-0.3, -0.25) is 4.79 Å². The van der Waals surface area contributed by atoms with Gasteiger partial charge in [0.1, 0.15) is 5.01 Å². The molecule has 0 saturated heterocycles. The van der Waals surface area contributed by atoms with Gasteiger partial charge in [-0.2, -0.15) is 11.3 Å². The number of thiophene rings is 1. The smallest absolute Gasteiger partial charge is 0.226 e. The first kappa shape index (κ1) is 14.7. The van der Waals surface area contributed by atoms with Crippen molar-refractivity contribution in [3.05, 3.63) is 27.9 Å². The van der Waals surface area contributed by atoms with Gasteiger partial charge in [0.15, 0.2) is 0 Å². The van der Waals surface area contributed by atoms with Crippen LogP contribution in [0.5, 0.6) is 0 Å². The van der Waals surface area contributed by atoms with Crippen molar-refractivity contribution < 1.29 is 4.79 Å². The molecule has 1 fully saturated rings. The van der Waals surface area contributed by atoms with E-state index in [2.05, 4.69) is 21.7 Å². The molecule has 1 N–H and O–H groups in total. The lowest BCUT2D eigenvalue weighted by Gasteiger charge is -2.21. The second-order valence-corrected chi connectivity index (χ2v) is 7.28. The van der Waals surface area contributed by atoms with Gasteiger partial charge >= 0.3 is 0 Å². The zero-order valence-corrected chi connectivity index (χ0v) is 13.6. The number of aromatic nitrogens is 1. The Bertz CT molecular complexity index is 571. The highest BCUT2D eigenvalue weighted by Gasteiger charge is 2.15. The number of thiazole rings is 1. The molecule has 1 amide bonds. The summed E-state index contributed by atoms with van der Waals surface area (Å²) >= 11 is 3.28. The van der Waals surface area contributed by atoms with Crippen molar-refractivity contribution in [2.24, 2.45) is 5.92 Å². The highest BCUT2D eigenvalue weighted by atomic mass is 32.1. The van der Waals surface area contributed by atoms with Crippen LogP contribution in [0.1, 0.15) is 37.8 Å². The van der Waals surface area contributed by atoms with Gasteiger partial charge in [0.25, 0.3) is 0 Å². The lowest BCUT2D eigenvalue weighted by molar-refractivity contribution is -0.120. The van der Waals surface area contributed by atoms with E-state index in [1.165, 1.54) is 32.1 Å². The van der Waals surface area contributed by atoms with E-state index in [1.807, 2.05) is 10.8 Å². The van der Waals surface area contributed by atoms with Crippen molar-refractivity contribution in [1.29, 1.82) is 0 Å². The van der Waals surface area contributed by atoms with Gasteiger partial charge in [-0.1, -0.05) is 19.3 Å². The fraction of sp³-hybridized carbons (Fsp3) is 0.500. The Kier molecular flexibility index (Phi) is 5.04. The average Bonchev–Trinajstić information content (AvgIpc) is 3.17. The summed E-state index contributed by atoms with van der Waals surface area (Å²) in [7, 11) is 0. The number of rotatable bonds is 5. The predicted octanol–water partition coefficient (Wildman–Crippen LogP) is 4.11. The summed E-state index contributed by atoms with van der Waals surface area (Å²) in [6, 6.07) is 2.07. The van der Waals surface area contributed by atoms with Crippen LogP contribution in [0.3, 0.4) is 0 Å². The molecule has 0 unspecified atom stereocenters. The number of carbonyl (C=O) groups excluding carboxylic acids is 1. The Balaban J connectivity index is 1.48. The third-order valence-corrected chi connectivity index (χ3v) is 5.60. The Morgan fingerprint density at radius 1 is 1.29 bits per heavy atom. The van der Waals surface area contributed by atoms with Crippen LogP contribution >= 0.6 is 22.7 Å². The second kappa shape index (κ2) is 7.18. The highest BCUT2D eigenvalue weighted by Crippen LogP contribution is 2.26. The Morgan fingerprint density at radius 3 is 2.90 bits per heavy atom. The van der Waals surface area contributed by atoms with E-state index in [1.54, 1.807) is 22.7 Å². The fourth-order valence-electron chi connectivity index (χ4n) is 2.78. The molecule has 2 aromatic rings. The zero-order valence-electron chi connectivity index (χ0n) is 12.0. The van der Waals surface area contributed by atoms with E-state index in [4.69, 9.17) is 0 Å². The summed E-state index contributed by atoms with van der Waals surface area (Å²) in [5.41, 5.74) is 2.03. The molecule has 112 valence electrons. The number of hydrogen-bond donors (Lipinski definition) is 1.